The zero-order valence-electron chi connectivity index (χ0n) is 15.5. The molecule has 0 heterocycles. The first-order valence-electron chi connectivity index (χ1n) is 10.1. The summed E-state index contributed by atoms with van der Waals surface area (Å²) < 4.78 is 0. The maximum atomic E-state index is 12.1. The van der Waals surface area contributed by atoms with Crippen LogP contribution in [0.25, 0.3) is 0 Å². The van der Waals surface area contributed by atoms with Crippen molar-refractivity contribution in [3.05, 3.63) is 11.6 Å². The minimum atomic E-state index is 0.324. The Balaban J connectivity index is 1.74. The van der Waals surface area contributed by atoms with E-state index in [0.717, 1.165) is 36.5 Å². The smallest absolute Gasteiger partial charge is 0.155 e. The lowest BCUT2D eigenvalue weighted by Crippen LogP contribution is -2.52. The maximum absolute atomic E-state index is 12.1. The number of allylic oxidation sites excluding steroid dienone is 1. The zero-order chi connectivity index (χ0) is 16.4. The first-order valence-corrected chi connectivity index (χ1v) is 10.1. The quantitative estimate of drug-likeness (QED) is 0.598. The van der Waals surface area contributed by atoms with Crippen molar-refractivity contribution >= 4 is 5.78 Å². The first-order chi connectivity index (χ1) is 10.9. The van der Waals surface area contributed by atoms with Crippen molar-refractivity contribution in [3.8, 4) is 0 Å². The number of hydrogen-bond acceptors (Lipinski definition) is 1. The van der Waals surface area contributed by atoms with Crippen molar-refractivity contribution in [2.24, 2.45) is 40.4 Å². The van der Waals surface area contributed by atoms with E-state index < -0.39 is 0 Å². The highest BCUT2D eigenvalue weighted by molar-refractivity contribution is 5.91. The van der Waals surface area contributed by atoms with Gasteiger partial charge >= 0.3 is 0 Å². The molecule has 23 heavy (non-hydrogen) atoms. The molecule has 0 amide bonds. The van der Waals surface area contributed by atoms with E-state index in [-0.39, 0.29) is 0 Å². The highest BCUT2D eigenvalue weighted by Gasteiger charge is 2.59. The molecule has 3 fully saturated rings. The summed E-state index contributed by atoms with van der Waals surface area (Å²) in [4.78, 5) is 12.1. The highest BCUT2D eigenvalue weighted by Crippen LogP contribution is 2.67. The monoisotopic (exact) mass is 314 g/mol. The van der Waals surface area contributed by atoms with Crippen molar-refractivity contribution in [2.45, 2.75) is 79.1 Å². The first kappa shape index (κ1) is 15.9. The van der Waals surface area contributed by atoms with Crippen LogP contribution in [0.15, 0.2) is 11.6 Å². The number of fused-ring (bicyclic) bond motifs is 5. The van der Waals surface area contributed by atoms with Gasteiger partial charge in [0.1, 0.15) is 0 Å². The van der Waals surface area contributed by atoms with Crippen LogP contribution in [0.1, 0.15) is 79.1 Å². The third-order valence-corrected chi connectivity index (χ3v) is 9.09. The molecule has 0 radical (unpaired) electrons. The molecule has 128 valence electrons. The van der Waals surface area contributed by atoms with E-state index in [1.165, 1.54) is 38.5 Å². The second kappa shape index (κ2) is 5.20. The van der Waals surface area contributed by atoms with Crippen LogP contribution >= 0.6 is 0 Å². The SMILES string of the molecule is CCC1CC2C(CCC3(C)C(C)CCC23)C2(C)CCC(=O)C=C12. The van der Waals surface area contributed by atoms with Gasteiger partial charge in [-0.1, -0.05) is 33.3 Å². The summed E-state index contributed by atoms with van der Waals surface area (Å²) >= 11 is 0. The van der Waals surface area contributed by atoms with Gasteiger partial charge in [0.05, 0.1) is 0 Å². The van der Waals surface area contributed by atoms with Crippen molar-refractivity contribution in [1.82, 2.24) is 0 Å². The van der Waals surface area contributed by atoms with Gasteiger partial charge in [-0.25, -0.2) is 0 Å². The maximum Gasteiger partial charge on any atom is 0.155 e. The molecule has 7 atom stereocenters. The lowest BCUT2D eigenvalue weighted by molar-refractivity contribution is -0.118. The largest absolute Gasteiger partial charge is 0.295 e. The van der Waals surface area contributed by atoms with Gasteiger partial charge in [0.2, 0.25) is 0 Å². The second-order valence-electron chi connectivity index (χ2n) is 9.72. The summed E-state index contributed by atoms with van der Waals surface area (Å²) in [7, 11) is 0. The Kier molecular flexibility index (Phi) is 3.60. The van der Waals surface area contributed by atoms with Gasteiger partial charge in [0, 0.05) is 6.42 Å². The molecule has 4 aliphatic carbocycles. The third kappa shape index (κ3) is 2.07. The van der Waals surface area contributed by atoms with Crippen LogP contribution in [0.4, 0.5) is 0 Å². The number of hydrogen-bond donors (Lipinski definition) is 0. The molecule has 0 bridgehead atoms. The molecule has 3 saturated carbocycles. The summed E-state index contributed by atoms with van der Waals surface area (Å²) in [6.07, 6.45) is 12.3. The molecule has 7 unspecified atom stereocenters. The topological polar surface area (TPSA) is 17.1 Å². The van der Waals surface area contributed by atoms with Gasteiger partial charge in [0.15, 0.2) is 5.78 Å². The molecular weight excluding hydrogens is 280 g/mol. The van der Waals surface area contributed by atoms with Crippen LogP contribution in [0.3, 0.4) is 0 Å². The van der Waals surface area contributed by atoms with Crippen LogP contribution in [0.5, 0.6) is 0 Å². The van der Waals surface area contributed by atoms with Gasteiger partial charge in [-0.3, -0.25) is 4.79 Å². The summed E-state index contributed by atoms with van der Waals surface area (Å²) in [6, 6.07) is 0. The Morgan fingerprint density at radius 1 is 1.13 bits per heavy atom. The number of ketones is 1. The Morgan fingerprint density at radius 2 is 1.91 bits per heavy atom. The van der Waals surface area contributed by atoms with Crippen molar-refractivity contribution in [2.75, 3.05) is 0 Å². The zero-order valence-corrected chi connectivity index (χ0v) is 15.5. The molecule has 0 aromatic heterocycles. The number of rotatable bonds is 1. The fraction of sp³-hybridized carbons (Fsp3) is 0.864. The second-order valence-corrected chi connectivity index (χ2v) is 9.72. The van der Waals surface area contributed by atoms with Crippen molar-refractivity contribution in [3.63, 3.8) is 0 Å². The Labute approximate surface area is 142 Å². The lowest BCUT2D eigenvalue weighted by Gasteiger charge is -2.60. The Bertz CT molecular complexity index is 546. The van der Waals surface area contributed by atoms with E-state index in [9.17, 15) is 4.79 Å². The average Bonchev–Trinajstić information content (AvgIpc) is 2.83. The fourth-order valence-electron chi connectivity index (χ4n) is 7.43. The van der Waals surface area contributed by atoms with E-state index in [0.29, 0.717) is 22.5 Å². The van der Waals surface area contributed by atoms with Gasteiger partial charge < -0.3 is 0 Å². The fourth-order valence-corrected chi connectivity index (χ4v) is 7.43. The predicted molar refractivity (Wildman–Crippen MR) is 95.0 cm³/mol. The number of carbonyl (C=O) groups excluding carboxylic acids is 1. The lowest BCUT2D eigenvalue weighted by atomic mass is 9.45. The third-order valence-electron chi connectivity index (χ3n) is 9.09. The summed E-state index contributed by atoms with van der Waals surface area (Å²) in [6.45, 7) is 9.97. The highest BCUT2D eigenvalue weighted by atomic mass is 16.1. The van der Waals surface area contributed by atoms with E-state index in [2.05, 4.69) is 33.8 Å². The van der Waals surface area contributed by atoms with Gasteiger partial charge in [-0.2, -0.15) is 0 Å². The molecule has 0 aromatic carbocycles. The molecule has 4 aliphatic rings. The van der Waals surface area contributed by atoms with E-state index in [4.69, 9.17) is 0 Å². The van der Waals surface area contributed by atoms with Crippen molar-refractivity contribution in [1.29, 1.82) is 0 Å². The van der Waals surface area contributed by atoms with Crippen LogP contribution in [-0.2, 0) is 4.79 Å². The van der Waals surface area contributed by atoms with E-state index in [1.54, 1.807) is 5.57 Å². The Hall–Kier alpha value is -0.590. The number of carbonyl (C=O) groups is 1. The van der Waals surface area contributed by atoms with Crippen LogP contribution in [-0.4, -0.2) is 5.78 Å². The minimum Gasteiger partial charge on any atom is -0.295 e. The van der Waals surface area contributed by atoms with Crippen LogP contribution in [0, 0.1) is 40.4 Å². The van der Waals surface area contributed by atoms with E-state index in [1.807, 2.05) is 0 Å². The summed E-state index contributed by atoms with van der Waals surface area (Å²) in [5, 5.41) is 0. The van der Waals surface area contributed by atoms with Crippen LogP contribution < -0.4 is 0 Å². The predicted octanol–water partition coefficient (Wildman–Crippen LogP) is 5.79. The summed E-state index contributed by atoms with van der Waals surface area (Å²) in [5.74, 6) is 4.67. The van der Waals surface area contributed by atoms with Crippen molar-refractivity contribution < 1.29 is 4.79 Å². The standard InChI is InChI=1S/C22H34O/c1-5-15-12-17-18-7-6-14(2)21(18,3)11-9-19(17)22(4)10-8-16(23)13-20(15)22/h13-15,17-19H,5-12H2,1-4H3. The minimum absolute atomic E-state index is 0.324. The van der Waals surface area contributed by atoms with E-state index >= 15 is 0 Å². The molecule has 0 N–H and O–H groups in total. The molecule has 4 rings (SSSR count). The summed E-state index contributed by atoms with van der Waals surface area (Å²) in [5.41, 5.74) is 2.47. The van der Waals surface area contributed by atoms with Crippen LogP contribution in [0.2, 0.25) is 0 Å². The molecule has 0 spiro atoms. The molecular formula is C22H34O. The molecule has 0 saturated heterocycles. The van der Waals surface area contributed by atoms with Gasteiger partial charge in [-0.05, 0) is 91.4 Å². The van der Waals surface area contributed by atoms with Gasteiger partial charge in [0.25, 0.3) is 0 Å². The molecule has 1 heteroatoms. The molecule has 0 aliphatic heterocycles. The Morgan fingerprint density at radius 3 is 2.65 bits per heavy atom. The average molecular weight is 315 g/mol. The normalized spacial score (nSPS) is 52.4. The molecule has 0 aromatic rings. The van der Waals surface area contributed by atoms with Gasteiger partial charge in [-0.15, -0.1) is 0 Å². The molecule has 1 nitrogen and oxygen atoms in total.